The molecule has 2 aromatic carbocycles. The van der Waals surface area contributed by atoms with E-state index >= 15 is 0 Å². The first kappa shape index (κ1) is 20.5. The van der Waals surface area contributed by atoms with Crippen molar-refractivity contribution in [3.05, 3.63) is 66.9 Å². The van der Waals surface area contributed by atoms with Crippen LogP contribution in [0.2, 0.25) is 0 Å². The molecule has 0 aliphatic carbocycles. The number of carbonyl (C=O) groups excluding carboxylic acids is 2. The minimum absolute atomic E-state index is 0.0179. The van der Waals surface area contributed by atoms with Crippen LogP contribution in [0.15, 0.2) is 71.8 Å². The Labute approximate surface area is 190 Å². The lowest BCUT2D eigenvalue weighted by Gasteiger charge is -2.36. The molecule has 162 valence electrons. The van der Waals surface area contributed by atoms with Crippen molar-refractivity contribution in [2.24, 2.45) is 0 Å². The van der Waals surface area contributed by atoms with E-state index in [1.54, 1.807) is 6.20 Å². The van der Waals surface area contributed by atoms with Crippen LogP contribution < -0.4 is 10.2 Å². The molecule has 7 nitrogen and oxygen atoms in total. The molecule has 5 rings (SSSR count). The van der Waals surface area contributed by atoms with Crippen molar-refractivity contribution in [2.45, 2.75) is 16.6 Å². The first-order valence-corrected chi connectivity index (χ1v) is 11.5. The fraction of sp³-hybridized carbons (Fsp3) is 0.250. The Hall–Kier alpha value is -3.39. The van der Waals surface area contributed by atoms with Gasteiger partial charge in [-0.15, -0.1) is 11.8 Å². The number of carbonyl (C=O) groups is 2. The zero-order valence-corrected chi connectivity index (χ0v) is 18.3. The molecule has 1 unspecified atom stereocenters. The third-order valence-electron chi connectivity index (χ3n) is 5.70. The molecule has 2 amide bonds. The third-order valence-corrected chi connectivity index (χ3v) is 6.97. The summed E-state index contributed by atoms with van der Waals surface area (Å²) in [7, 11) is 0. The van der Waals surface area contributed by atoms with Crippen molar-refractivity contribution >= 4 is 35.1 Å². The number of para-hydroxylation sites is 1. The molecule has 32 heavy (non-hydrogen) atoms. The van der Waals surface area contributed by atoms with Gasteiger partial charge in [-0.3, -0.25) is 9.59 Å². The maximum absolute atomic E-state index is 12.9. The number of anilines is 2. The van der Waals surface area contributed by atoms with Crippen LogP contribution in [0.5, 0.6) is 0 Å². The van der Waals surface area contributed by atoms with Crippen molar-refractivity contribution < 1.29 is 9.59 Å². The summed E-state index contributed by atoms with van der Waals surface area (Å²) in [4.78, 5) is 39.5. The molecule has 0 saturated carbocycles. The van der Waals surface area contributed by atoms with E-state index in [9.17, 15) is 9.59 Å². The number of rotatable bonds is 4. The summed E-state index contributed by atoms with van der Waals surface area (Å²) < 4.78 is 0. The lowest BCUT2D eigenvalue weighted by Crippen LogP contribution is -2.50. The van der Waals surface area contributed by atoms with Gasteiger partial charge in [0, 0.05) is 49.3 Å². The first-order chi connectivity index (χ1) is 15.7. The topological polar surface area (TPSA) is 78.4 Å². The van der Waals surface area contributed by atoms with Gasteiger partial charge in [0.2, 0.25) is 11.8 Å². The van der Waals surface area contributed by atoms with Crippen LogP contribution in [0.3, 0.4) is 0 Å². The zero-order valence-electron chi connectivity index (χ0n) is 17.5. The number of thioether (sulfide) groups is 1. The van der Waals surface area contributed by atoms with Crippen molar-refractivity contribution in [2.75, 3.05) is 36.4 Å². The number of benzene rings is 2. The molecule has 2 aliphatic heterocycles. The predicted molar refractivity (Wildman–Crippen MR) is 126 cm³/mol. The number of piperazine rings is 1. The van der Waals surface area contributed by atoms with Gasteiger partial charge in [-0.25, -0.2) is 9.97 Å². The minimum atomic E-state index is -0.397. The Morgan fingerprint density at radius 3 is 2.56 bits per heavy atom. The molecule has 1 atom stereocenters. The van der Waals surface area contributed by atoms with E-state index in [0.29, 0.717) is 32.0 Å². The van der Waals surface area contributed by atoms with E-state index in [2.05, 4.69) is 15.2 Å². The maximum atomic E-state index is 12.9. The van der Waals surface area contributed by atoms with Crippen LogP contribution in [-0.2, 0) is 9.59 Å². The van der Waals surface area contributed by atoms with E-state index in [1.165, 1.54) is 11.8 Å². The summed E-state index contributed by atoms with van der Waals surface area (Å²) in [6, 6.07) is 19.5. The molecular formula is C24H23N5O2S. The highest BCUT2D eigenvalue weighted by atomic mass is 32.2. The summed E-state index contributed by atoms with van der Waals surface area (Å²) in [6.07, 6.45) is 1.98. The summed E-state index contributed by atoms with van der Waals surface area (Å²) in [5.74, 6) is 1.48. The van der Waals surface area contributed by atoms with Gasteiger partial charge in [-0.2, -0.15) is 0 Å². The van der Waals surface area contributed by atoms with Gasteiger partial charge >= 0.3 is 0 Å². The van der Waals surface area contributed by atoms with Crippen LogP contribution in [-0.4, -0.2) is 58.1 Å². The van der Waals surface area contributed by atoms with Gasteiger partial charge < -0.3 is 15.1 Å². The second-order valence-corrected chi connectivity index (χ2v) is 9.01. The number of nitrogens with one attached hydrogen (secondary N) is 1. The lowest BCUT2D eigenvalue weighted by molar-refractivity contribution is -0.132. The Balaban J connectivity index is 1.19. The largest absolute Gasteiger partial charge is 0.353 e. The molecule has 1 saturated heterocycles. The number of aromatic nitrogens is 2. The fourth-order valence-corrected chi connectivity index (χ4v) is 5.05. The monoisotopic (exact) mass is 445 g/mol. The molecule has 1 N–H and O–H groups in total. The normalized spacial score (nSPS) is 18.1. The summed E-state index contributed by atoms with van der Waals surface area (Å²) in [5, 5.41) is 2.52. The van der Waals surface area contributed by atoms with Gasteiger partial charge in [-0.1, -0.05) is 42.5 Å². The van der Waals surface area contributed by atoms with E-state index in [0.717, 1.165) is 22.0 Å². The molecule has 0 bridgehead atoms. The SMILES string of the molecule is O=C1Nc2ccccc2SC1CC(=O)N1CCN(c2ccnc(-c3ccccc3)n2)CC1. The van der Waals surface area contributed by atoms with Crippen molar-refractivity contribution in [1.29, 1.82) is 0 Å². The van der Waals surface area contributed by atoms with Gasteiger partial charge in [0.25, 0.3) is 0 Å². The molecule has 3 aromatic rings. The standard InChI is InChI=1S/C24H23N5O2S/c30-22(16-20-24(31)26-18-8-4-5-9-19(18)32-20)29-14-12-28(13-15-29)21-10-11-25-23(27-21)17-6-2-1-3-7-17/h1-11,20H,12-16H2,(H,26,31). The van der Waals surface area contributed by atoms with E-state index in [1.807, 2.05) is 65.6 Å². The summed E-state index contributed by atoms with van der Waals surface area (Å²) >= 11 is 1.47. The van der Waals surface area contributed by atoms with Crippen LogP contribution >= 0.6 is 11.8 Å². The van der Waals surface area contributed by atoms with Crippen LogP contribution in [0.4, 0.5) is 11.5 Å². The summed E-state index contributed by atoms with van der Waals surface area (Å²) in [6.45, 7) is 2.62. The van der Waals surface area contributed by atoms with E-state index in [-0.39, 0.29) is 18.2 Å². The average Bonchev–Trinajstić information content (AvgIpc) is 2.85. The maximum Gasteiger partial charge on any atom is 0.238 e. The third kappa shape index (κ3) is 4.31. The van der Waals surface area contributed by atoms with Gasteiger partial charge in [0.15, 0.2) is 5.82 Å². The zero-order chi connectivity index (χ0) is 21.9. The molecule has 8 heteroatoms. The second-order valence-electron chi connectivity index (χ2n) is 7.77. The molecule has 2 aliphatic rings. The average molecular weight is 446 g/mol. The Morgan fingerprint density at radius 2 is 1.75 bits per heavy atom. The number of hydrogen-bond acceptors (Lipinski definition) is 6. The quantitative estimate of drug-likeness (QED) is 0.664. The van der Waals surface area contributed by atoms with Gasteiger partial charge in [-0.05, 0) is 18.2 Å². The van der Waals surface area contributed by atoms with Crippen molar-refractivity contribution in [1.82, 2.24) is 14.9 Å². The Kier molecular flexibility index (Phi) is 5.77. The fourth-order valence-electron chi connectivity index (χ4n) is 3.95. The highest BCUT2D eigenvalue weighted by Gasteiger charge is 2.31. The molecule has 0 spiro atoms. The molecule has 1 fully saturated rings. The Bertz CT molecular complexity index is 1130. The second kappa shape index (κ2) is 9.00. The number of amides is 2. The molecular weight excluding hydrogens is 422 g/mol. The Morgan fingerprint density at radius 1 is 1.00 bits per heavy atom. The molecule has 1 aromatic heterocycles. The van der Waals surface area contributed by atoms with Gasteiger partial charge in [0.05, 0.1) is 10.9 Å². The number of nitrogens with zero attached hydrogens (tertiary/aromatic N) is 4. The number of fused-ring (bicyclic) bond motifs is 1. The van der Waals surface area contributed by atoms with E-state index in [4.69, 9.17) is 4.98 Å². The molecule has 0 radical (unpaired) electrons. The van der Waals surface area contributed by atoms with Crippen LogP contribution in [0.1, 0.15) is 6.42 Å². The highest BCUT2D eigenvalue weighted by molar-refractivity contribution is 8.01. The summed E-state index contributed by atoms with van der Waals surface area (Å²) in [5.41, 5.74) is 1.80. The number of hydrogen-bond donors (Lipinski definition) is 1. The first-order valence-electron chi connectivity index (χ1n) is 10.6. The lowest BCUT2D eigenvalue weighted by atomic mass is 10.2. The minimum Gasteiger partial charge on any atom is -0.353 e. The van der Waals surface area contributed by atoms with Gasteiger partial charge in [0.1, 0.15) is 5.82 Å². The van der Waals surface area contributed by atoms with E-state index < -0.39 is 5.25 Å². The predicted octanol–water partition coefficient (Wildman–Crippen LogP) is 3.30. The van der Waals surface area contributed by atoms with Crippen LogP contribution in [0, 0.1) is 0 Å². The van der Waals surface area contributed by atoms with Crippen molar-refractivity contribution in [3.63, 3.8) is 0 Å². The molecule has 3 heterocycles. The highest BCUT2D eigenvalue weighted by Crippen LogP contribution is 2.36. The van der Waals surface area contributed by atoms with Crippen molar-refractivity contribution in [3.8, 4) is 11.4 Å². The van der Waals surface area contributed by atoms with Crippen LogP contribution in [0.25, 0.3) is 11.4 Å². The smallest absolute Gasteiger partial charge is 0.238 e.